The lowest BCUT2D eigenvalue weighted by Crippen LogP contribution is -2.24. The third-order valence-corrected chi connectivity index (χ3v) is 5.25. The van der Waals surface area contributed by atoms with Gasteiger partial charge in [-0.2, -0.15) is 0 Å². The Hall–Kier alpha value is -2.67. The molecule has 0 bridgehead atoms. The predicted molar refractivity (Wildman–Crippen MR) is 99.4 cm³/mol. The summed E-state index contributed by atoms with van der Waals surface area (Å²) >= 11 is 0. The van der Waals surface area contributed by atoms with Gasteiger partial charge >= 0.3 is 0 Å². The molecule has 1 aromatic carbocycles. The topological polar surface area (TPSA) is 77.4 Å². The Kier molecular flexibility index (Phi) is 4.70. The molecule has 0 spiro atoms. The molecule has 1 saturated heterocycles. The molecule has 3 aromatic rings. The van der Waals surface area contributed by atoms with Crippen LogP contribution in [0.25, 0.3) is 11.5 Å². The van der Waals surface area contributed by atoms with E-state index >= 15 is 0 Å². The molecule has 0 N–H and O–H groups in total. The van der Waals surface area contributed by atoms with Gasteiger partial charge in [0, 0.05) is 12.1 Å². The summed E-state index contributed by atoms with van der Waals surface area (Å²) in [5.41, 5.74) is 4.76. The Balaban J connectivity index is 1.57. The number of hydrogen-bond donors (Lipinski definition) is 0. The average molecular weight is 368 g/mol. The molecule has 4 rings (SSSR count). The van der Waals surface area contributed by atoms with Crippen molar-refractivity contribution in [3.05, 3.63) is 46.6 Å². The predicted octanol–water partition coefficient (Wildman–Crippen LogP) is 4.00. The zero-order chi connectivity index (χ0) is 19.0. The fraction of sp³-hybridized carbons (Fsp3) is 0.450. The molecule has 142 valence electrons. The van der Waals surface area contributed by atoms with Gasteiger partial charge in [0.25, 0.3) is 0 Å². The van der Waals surface area contributed by atoms with Crippen LogP contribution in [0.3, 0.4) is 0 Å². The molecule has 1 fully saturated rings. The normalized spacial score (nSPS) is 17.6. The maximum atomic E-state index is 5.96. The van der Waals surface area contributed by atoms with Crippen molar-refractivity contribution in [3.8, 4) is 17.2 Å². The van der Waals surface area contributed by atoms with Gasteiger partial charge in [0.15, 0.2) is 0 Å². The molecule has 1 atom stereocenters. The van der Waals surface area contributed by atoms with E-state index in [0.29, 0.717) is 5.89 Å². The van der Waals surface area contributed by atoms with Crippen molar-refractivity contribution in [3.63, 3.8) is 0 Å². The van der Waals surface area contributed by atoms with E-state index in [-0.39, 0.29) is 6.04 Å². The van der Waals surface area contributed by atoms with Crippen LogP contribution in [0.15, 0.2) is 27.2 Å². The van der Waals surface area contributed by atoms with E-state index in [2.05, 4.69) is 15.2 Å². The van der Waals surface area contributed by atoms with Crippen LogP contribution in [0.2, 0.25) is 0 Å². The lowest BCUT2D eigenvalue weighted by Gasteiger charge is -2.21. The van der Waals surface area contributed by atoms with Gasteiger partial charge in [-0.15, -0.1) is 0 Å². The van der Waals surface area contributed by atoms with Crippen LogP contribution in [-0.4, -0.2) is 33.9 Å². The van der Waals surface area contributed by atoms with Crippen molar-refractivity contribution in [1.82, 2.24) is 20.2 Å². The number of aryl methyl sites for hydroxylation is 3. The molecule has 1 unspecified atom stereocenters. The zero-order valence-corrected chi connectivity index (χ0v) is 16.2. The summed E-state index contributed by atoms with van der Waals surface area (Å²) in [7, 11) is 1.67. The van der Waals surface area contributed by atoms with Crippen LogP contribution in [0, 0.1) is 20.8 Å². The molecule has 0 saturated carbocycles. The third kappa shape index (κ3) is 3.35. The Morgan fingerprint density at radius 2 is 2.07 bits per heavy atom. The van der Waals surface area contributed by atoms with Crippen molar-refractivity contribution < 1.29 is 13.8 Å². The standard InChI is InChI=1S/C20H24N4O3/c1-12-10-15(7-8-18(12)25-4)20-21-16(14(3)26-20)11-24-9-5-6-17(24)19-13(2)22-27-23-19/h7-8,10,17H,5-6,9,11H2,1-4H3. The minimum Gasteiger partial charge on any atom is -0.496 e. The summed E-state index contributed by atoms with van der Waals surface area (Å²) in [6.07, 6.45) is 2.18. The molecule has 0 radical (unpaired) electrons. The summed E-state index contributed by atoms with van der Waals surface area (Å²) in [6, 6.07) is 6.18. The fourth-order valence-corrected chi connectivity index (χ4v) is 3.77. The maximum Gasteiger partial charge on any atom is 0.226 e. The van der Waals surface area contributed by atoms with Gasteiger partial charge in [0.1, 0.15) is 22.9 Å². The lowest BCUT2D eigenvalue weighted by molar-refractivity contribution is 0.228. The van der Waals surface area contributed by atoms with Crippen molar-refractivity contribution >= 4 is 0 Å². The number of methoxy groups -OCH3 is 1. The smallest absolute Gasteiger partial charge is 0.226 e. The van der Waals surface area contributed by atoms with E-state index in [1.165, 1.54) is 0 Å². The van der Waals surface area contributed by atoms with Gasteiger partial charge < -0.3 is 9.15 Å². The molecule has 27 heavy (non-hydrogen) atoms. The largest absolute Gasteiger partial charge is 0.496 e. The van der Waals surface area contributed by atoms with Crippen LogP contribution in [0.5, 0.6) is 5.75 Å². The number of aromatic nitrogens is 3. The van der Waals surface area contributed by atoms with Crippen molar-refractivity contribution in [2.75, 3.05) is 13.7 Å². The summed E-state index contributed by atoms with van der Waals surface area (Å²) < 4.78 is 16.2. The van der Waals surface area contributed by atoms with Gasteiger partial charge in [0.05, 0.1) is 18.8 Å². The molecule has 7 heteroatoms. The first-order valence-corrected chi connectivity index (χ1v) is 9.21. The summed E-state index contributed by atoms with van der Waals surface area (Å²) in [6.45, 7) is 7.65. The molecule has 2 aromatic heterocycles. The molecule has 1 aliphatic heterocycles. The van der Waals surface area contributed by atoms with Crippen LogP contribution in [-0.2, 0) is 6.54 Å². The van der Waals surface area contributed by atoms with Gasteiger partial charge in [-0.1, -0.05) is 10.3 Å². The third-order valence-electron chi connectivity index (χ3n) is 5.25. The SMILES string of the molecule is COc1ccc(-c2nc(CN3CCCC3c3nonc3C)c(C)o2)cc1C. The summed E-state index contributed by atoms with van der Waals surface area (Å²) in [5.74, 6) is 2.35. The number of hydrogen-bond acceptors (Lipinski definition) is 7. The van der Waals surface area contributed by atoms with E-state index < -0.39 is 0 Å². The van der Waals surface area contributed by atoms with Crippen LogP contribution >= 0.6 is 0 Å². The Morgan fingerprint density at radius 1 is 1.22 bits per heavy atom. The van der Waals surface area contributed by atoms with Crippen molar-refractivity contribution in [2.24, 2.45) is 0 Å². The van der Waals surface area contributed by atoms with Gasteiger partial charge in [-0.05, 0) is 63.9 Å². The number of benzene rings is 1. The van der Waals surface area contributed by atoms with E-state index in [1.807, 2.05) is 39.0 Å². The van der Waals surface area contributed by atoms with Crippen molar-refractivity contribution in [2.45, 2.75) is 46.2 Å². The van der Waals surface area contributed by atoms with Crippen LogP contribution < -0.4 is 4.74 Å². The molecule has 7 nitrogen and oxygen atoms in total. The van der Waals surface area contributed by atoms with Crippen LogP contribution in [0.4, 0.5) is 0 Å². The number of rotatable bonds is 5. The number of ether oxygens (including phenoxy) is 1. The van der Waals surface area contributed by atoms with E-state index in [0.717, 1.165) is 65.6 Å². The second kappa shape index (κ2) is 7.15. The average Bonchev–Trinajstić information content (AvgIpc) is 3.36. The molecular weight excluding hydrogens is 344 g/mol. The fourth-order valence-electron chi connectivity index (χ4n) is 3.77. The zero-order valence-electron chi connectivity index (χ0n) is 16.2. The second-order valence-corrected chi connectivity index (χ2v) is 7.07. The Morgan fingerprint density at radius 3 is 2.78 bits per heavy atom. The monoisotopic (exact) mass is 368 g/mol. The minimum atomic E-state index is 0.221. The Bertz CT molecular complexity index is 947. The summed E-state index contributed by atoms with van der Waals surface area (Å²) in [4.78, 5) is 7.15. The summed E-state index contributed by atoms with van der Waals surface area (Å²) in [5, 5.41) is 8.04. The molecule has 0 amide bonds. The van der Waals surface area contributed by atoms with E-state index in [4.69, 9.17) is 18.8 Å². The number of nitrogens with zero attached hydrogens (tertiary/aromatic N) is 4. The minimum absolute atomic E-state index is 0.221. The number of oxazole rings is 1. The van der Waals surface area contributed by atoms with E-state index in [1.54, 1.807) is 7.11 Å². The van der Waals surface area contributed by atoms with Crippen LogP contribution in [0.1, 0.15) is 47.3 Å². The molecule has 0 aliphatic carbocycles. The first-order valence-electron chi connectivity index (χ1n) is 9.21. The van der Waals surface area contributed by atoms with Gasteiger partial charge in [0.2, 0.25) is 5.89 Å². The highest BCUT2D eigenvalue weighted by molar-refractivity contribution is 5.57. The van der Waals surface area contributed by atoms with E-state index in [9.17, 15) is 0 Å². The molecular formula is C20H24N4O3. The first kappa shape index (κ1) is 17.7. The van der Waals surface area contributed by atoms with Crippen molar-refractivity contribution in [1.29, 1.82) is 0 Å². The molecule has 1 aliphatic rings. The number of likely N-dealkylation sites (tertiary alicyclic amines) is 1. The quantitative estimate of drug-likeness (QED) is 0.673. The highest BCUT2D eigenvalue weighted by atomic mass is 16.6. The highest BCUT2D eigenvalue weighted by Gasteiger charge is 2.31. The Labute approximate surface area is 158 Å². The molecule has 3 heterocycles. The maximum absolute atomic E-state index is 5.96. The van der Waals surface area contributed by atoms with Gasteiger partial charge in [-0.25, -0.2) is 9.61 Å². The van der Waals surface area contributed by atoms with Gasteiger partial charge in [-0.3, -0.25) is 4.90 Å². The highest BCUT2D eigenvalue weighted by Crippen LogP contribution is 2.34. The second-order valence-electron chi connectivity index (χ2n) is 7.07. The lowest BCUT2D eigenvalue weighted by atomic mass is 10.1. The first-order chi connectivity index (χ1) is 13.1.